The van der Waals surface area contributed by atoms with Crippen LogP contribution in [0.25, 0.3) is 0 Å². The van der Waals surface area contributed by atoms with Crippen molar-refractivity contribution in [3.8, 4) is 0 Å². The third-order valence-corrected chi connectivity index (χ3v) is 7.58. The first-order chi connectivity index (χ1) is 16.8. The van der Waals surface area contributed by atoms with Gasteiger partial charge in [0, 0.05) is 43.2 Å². The summed E-state index contributed by atoms with van der Waals surface area (Å²) in [5.74, 6) is -3.88. The minimum absolute atomic E-state index is 0.0181. The maximum atomic E-state index is 14.2. The van der Waals surface area contributed by atoms with Crippen molar-refractivity contribution in [2.24, 2.45) is 5.92 Å². The van der Waals surface area contributed by atoms with E-state index in [2.05, 4.69) is 5.32 Å². The molecular weight excluding hydrogens is 478 g/mol. The molecule has 0 radical (unpaired) electrons. The highest BCUT2D eigenvalue weighted by Crippen LogP contribution is 2.48. The minimum atomic E-state index is -1.33. The van der Waals surface area contributed by atoms with Crippen LogP contribution in [0.4, 0.5) is 8.78 Å². The zero-order chi connectivity index (χ0) is 24.7. The Morgan fingerprint density at radius 1 is 1.26 bits per heavy atom. The summed E-state index contributed by atoms with van der Waals surface area (Å²) >= 11 is 6.50. The summed E-state index contributed by atoms with van der Waals surface area (Å²) in [4.78, 5) is 28.5. The van der Waals surface area contributed by atoms with Gasteiger partial charge in [0.25, 0.3) is 0 Å². The van der Waals surface area contributed by atoms with Gasteiger partial charge in [0.2, 0.25) is 5.91 Å². The number of halogens is 3. The van der Waals surface area contributed by atoms with Crippen molar-refractivity contribution >= 4 is 23.5 Å². The van der Waals surface area contributed by atoms with Crippen molar-refractivity contribution in [1.82, 2.24) is 10.2 Å². The monoisotopic (exact) mass is 504 g/mol. The van der Waals surface area contributed by atoms with Gasteiger partial charge in [-0.1, -0.05) is 23.7 Å². The molecule has 2 aromatic rings. The Balaban J connectivity index is 1.48. The van der Waals surface area contributed by atoms with E-state index in [1.807, 2.05) is 18.2 Å². The summed E-state index contributed by atoms with van der Waals surface area (Å²) in [6.07, 6.45) is 2.76. The van der Waals surface area contributed by atoms with Crippen LogP contribution >= 0.6 is 11.6 Å². The number of piperidine rings is 1. The predicted octanol–water partition coefficient (Wildman–Crippen LogP) is 3.97. The first-order valence-corrected chi connectivity index (χ1v) is 12.2. The Hall–Kier alpha value is -2.55. The summed E-state index contributed by atoms with van der Waals surface area (Å²) in [5, 5.41) is 3.78. The first kappa shape index (κ1) is 24.2. The Kier molecular flexibility index (Phi) is 6.55. The molecule has 2 fully saturated rings. The lowest BCUT2D eigenvalue weighted by molar-refractivity contribution is -0.149. The van der Waals surface area contributed by atoms with Crippen molar-refractivity contribution in [2.45, 2.75) is 43.9 Å². The molecule has 2 aliphatic heterocycles. The molecule has 186 valence electrons. The van der Waals surface area contributed by atoms with E-state index >= 15 is 0 Å². The number of fused-ring (bicyclic) bond motifs is 2. The molecule has 3 aliphatic rings. The lowest BCUT2D eigenvalue weighted by Gasteiger charge is -2.42. The van der Waals surface area contributed by atoms with Crippen LogP contribution in [0.1, 0.15) is 46.3 Å². The van der Waals surface area contributed by atoms with E-state index < -0.39 is 29.1 Å². The van der Waals surface area contributed by atoms with Gasteiger partial charge in [-0.2, -0.15) is 0 Å². The molecule has 0 unspecified atom stereocenters. The second-order valence-electron chi connectivity index (χ2n) is 9.46. The van der Waals surface area contributed by atoms with E-state index in [0.29, 0.717) is 31.1 Å². The van der Waals surface area contributed by atoms with Crippen LogP contribution in [0, 0.1) is 17.6 Å². The van der Waals surface area contributed by atoms with Crippen molar-refractivity contribution in [2.75, 3.05) is 26.8 Å². The van der Waals surface area contributed by atoms with Crippen LogP contribution in [0.3, 0.4) is 0 Å². The number of hydrogen-bond donors (Lipinski definition) is 1. The summed E-state index contributed by atoms with van der Waals surface area (Å²) in [5.41, 5.74) is 0.782. The maximum absolute atomic E-state index is 14.2. The number of benzene rings is 2. The zero-order valence-electron chi connectivity index (χ0n) is 19.4. The van der Waals surface area contributed by atoms with E-state index in [1.165, 1.54) is 0 Å². The highest BCUT2D eigenvalue weighted by atomic mass is 35.5. The Bertz CT molecular complexity index is 1170. The smallest absolute Gasteiger partial charge is 0.339 e. The van der Waals surface area contributed by atoms with Crippen LogP contribution < -0.4 is 5.32 Å². The molecule has 2 heterocycles. The Labute approximate surface area is 207 Å². The number of methoxy groups -OCH3 is 1. The van der Waals surface area contributed by atoms with E-state index in [1.54, 1.807) is 12.0 Å². The summed E-state index contributed by atoms with van der Waals surface area (Å²) in [6, 6.07) is 7.70. The van der Waals surface area contributed by atoms with E-state index in [0.717, 1.165) is 42.5 Å². The van der Waals surface area contributed by atoms with Crippen molar-refractivity contribution in [1.29, 1.82) is 0 Å². The van der Waals surface area contributed by atoms with Crippen LogP contribution in [0.5, 0.6) is 0 Å². The molecule has 1 aliphatic carbocycles. The third kappa shape index (κ3) is 4.43. The lowest BCUT2D eigenvalue weighted by atomic mass is 9.75. The van der Waals surface area contributed by atoms with Crippen LogP contribution in [0.2, 0.25) is 5.02 Å². The second-order valence-corrected chi connectivity index (χ2v) is 9.87. The summed E-state index contributed by atoms with van der Waals surface area (Å²) in [7, 11) is 1.65. The minimum Gasteiger partial charge on any atom is -0.450 e. The number of nitrogens with one attached hydrogen (secondary N) is 1. The van der Waals surface area contributed by atoms with E-state index in [4.69, 9.17) is 21.1 Å². The summed E-state index contributed by atoms with van der Waals surface area (Å²) < 4.78 is 39.1. The number of esters is 1. The Morgan fingerprint density at radius 3 is 2.77 bits per heavy atom. The van der Waals surface area contributed by atoms with Gasteiger partial charge < -0.3 is 19.7 Å². The molecule has 9 heteroatoms. The van der Waals surface area contributed by atoms with E-state index in [9.17, 15) is 18.4 Å². The van der Waals surface area contributed by atoms with Gasteiger partial charge in [-0.3, -0.25) is 4.79 Å². The fourth-order valence-electron chi connectivity index (χ4n) is 5.21. The van der Waals surface area contributed by atoms with Gasteiger partial charge >= 0.3 is 5.97 Å². The second kappa shape index (κ2) is 9.48. The Morgan fingerprint density at radius 2 is 2.03 bits per heavy atom. The zero-order valence-corrected chi connectivity index (χ0v) is 20.2. The number of hydrogen-bond acceptors (Lipinski definition) is 5. The van der Waals surface area contributed by atoms with Crippen LogP contribution in [-0.4, -0.2) is 49.6 Å². The van der Waals surface area contributed by atoms with E-state index in [-0.39, 0.29) is 29.6 Å². The quantitative estimate of drug-likeness (QED) is 0.578. The molecule has 6 nitrogen and oxygen atoms in total. The average molecular weight is 505 g/mol. The van der Waals surface area contributed by atoms with Gasteiger partial charge in [0.15, 0.2) is 17.2 Å². The number of carbonyl (C=O) groups is 2. The average Bonchev–Trinajstić information content (AvgIpc) is 3.65. The molecule has 2 aromatic carbocycles. The summed E-state index contributed by atoms with van der Waals surface area (Å²) in [6.45, 7) is 1.63. The maximum Gasteiger partial charge on any atom is 0.339 e. The molecular formula is C26H27ClF2N2O4. The molecule has 0 aromatic heterocycles. The SMILES string of the molecule is COCCc1ccc(Cl)c(CN(C(=O)[C@H]2CNCC[C@@]23OC(=O)c2cc(F)c(F)cc23)C2CC2)c1. The van der Waals surface area contributed by atoms with Gasteiger partial charge in [-0.25, -0.2) is 13.6 Å². The molecule has 1 amide bonds. The molecule has 1 N–H and O–H groups in total. The first-order valence-electron chi connectivity index (χ1n) is 11.8. The largest absolute Gasteiger partial charge is 0.450 e. The lowest BCUT2D eigenvalue weighted by Crippen LogP contribution is -2.55. The topological polar surface area (TPSA) is 67.9 Å². The van der Waals surface area contributed by atoms with Crippen LogP contribution in [-0.2, 0) is 32.8 Å². The number of nitrogens with zero attached hydrogens (tertiary/aromatic N) is 1. The van der Waals surface area contributed by atoms with Gasteiger partial charge in [-0.05, 0) is 55.1 Å². The normalized spacial score (nSPS) is 23.3. The highest BCUT2D eigenvalue weighted by Gasteiger charge is 2.56. The van der Waals surface area contributed by atoms with Gasteiger partial charge in [0.05, 0.1) is 18.1 Å². The van der Waals surface area contributed by atoms with Crippen molar-refractivity contribution in [3.05, 3.63) is 69.2 Å². The standard InChI is InChI=1S/C26H27ClF2N2O4/c1-34-9-6-15-2-5-21(27)16(10-15)14-31(17-3-4-17)24(32)20-13-30-8-7-26(20)19-12-23(29)22(28)11-18(19)25(33)35-26/h2,5,10-12,17,20,30H,3-4,6-9,13-14H2,1H3/t20-,26+/m1/s1. The van der Waals surface area contributed by atoms with Crippen LogP contribution in [0.15, 0.2) is 30.3 Å². The molecule has 5 rings (SSSR count). The predicted molar refractivity (Wildman–Crippen MR) is 125 cm³/mol. The molecule has 35 heavy (non-hydrogen) atoms. The number of rotatable bonds is 7. The van der Waals surface area contributed by atoms with Gasteiger partial charge in [-0.15, -0.1) is 0 Å². The molecule has 1 spiro atoms. The van der Waals surface area contributed by atoms with Crippen molar-refractivity contribution < 1.29 is 27.8 Å². The third-order valence-electron chi connectivity index (χ3n) is 7.21. The molecule has 0 bridgehead atoms. The fraction of sp³-hybridized carbons (Fsp3) is 0.462. The fourth-order valence-corrected chi connectivity index (χ4v) is 5.39. The number of ether oxygens (including phenoxy) is 2. The van der Waals surface area contributed by atoms with Crippen molar-refractivity contribution in [3.63, 3.8) is 0 Å². The number of carbonyl (C=O) groups excluding carboxylic acids is 2. The molecule has 1 saturated carbocycles. The molecule has 1 saturated heterocycles. The highest BCUT2D eigenvalue weighted by molar-refractivity contribution is 6.31. The number of amides is 1. The molecule has 2 atom stereocenters. The van der Waals surface area contributed by atoms with Gasteiger partial charge in [0.1, 0.15) is 0 Å².